The summed E-state index contributed by atoms with van der Waals surface area (Å²) in [7, 11) is 0. The summed E-state index contributed by atoms with van der Waals surface area (Å²) < 4.78 is 37.9. The Balaban J connectivity index is 3.14. The first kappa shape index (κ1) is 15.1. The molecule has 1 N–H and O–H groups in total. The third-order valence-electron chi connectivity index (χ3n) is 1.74. The average Bonchev–Trinajstić information content (AvgIpc) is 2.13. The fourth-order valence-corrected chi connectivity index (χ4v) is 2.10. The maximum atomic E-state index is 12.7. The fourth-order valence-electron chi connectivity index (χ4n) is 1.17. The van der Waals surface area contributed by atoms with Gasteiger partial charge >= 0.3 is 6.18 Å². The maximum Gasteiger partial charge on any atom is 0.433 e. The standard InChI is InChI=1S/C11H16F3N3S/c1-5-15-9-16-7(11(12,13)14)6-8(17-9)18-10(2,3)4/h6H,5H2,1-4H3,(H,15,16,17). The van der Waals surface area contributed by atoms with Crippen LogP contribution in [0.15, 0.2) is 11.1 Å². The van der Waals surface area contributed by atoms with Gasteiger partial charge in [-0.25, -0.2) is 9.97 Å². The first-order valence-electron chi connectivity index (χ1n) is 5.51. The molecule has 0 amide bonds. The monoisotopic (exact) mass is 279 g/mol. The van der Waals surface area contributed by atoms with Crippen LogP contribution < -0.4 is 5.32 Å². The number of alkyl halides is 3. The Hall–Kier alpha value is -0.980. The van der Waals surface area contributed by atoms with Gasteiger partial charge < -0.3 is 5.32 Å². The Kier molecular flexibility index (Phi) is 4.47. The van der Waals surface area contributed by atoms with Crippen molar-refractivity contribution in [3.05, 3.63) is 11.8 Å². The van der Waals surface area contributed by atoms with E-state index in [1.807, 2.05) is 20.8 Å². The van der Waals surface area contributed by atoms with Gasteiger partial charge in [0.25, 0.3) is 0 Å². The highest BCUT2D eigenvalue weighted by Gasteiger charge is 2.34. The molecule has 0 atom stereocenters. The smallest absolute Gasteiger partial charge is 0.354 e. The Morgan fingerprint density at radius 3 is 2.28 bits per heavy atom. The lowest BCUT2D eigenvalue weighted by molar-refractivity contribution is -0.141. The number of rotatable bonds is 3. The summed E-state index contributed by atoms with van der Waals surface area (Å²) in [6.45, 7) is 8.00. The molecule has 0 radical (unpaired) electrons. The lowest BCUT2D eigenvalue weighted by Gasteiger charge is -2.18. The Bertz CT molecular complexity index is 413. The SMILES string of the molecule is CCNc1nc(SC(C)(C)C)cc(C(F)(F)F)n1. The molecule has 18 heavy (non-hydrogen) atoms. The predicted molar refractivity (Wildman–Crippen MR) is 66.8 cm³/mol. The second-order valence-corrected chi connectivity index (χ2v) is 6.50. The molecule has 0 spiro atoms. The molecule has 0 unspecified atom stereocenters. The van der Waals surface area contributed by atoms with Crippen molar-refractivity contribution in [2.24, 2.45) is 0 Å². The van der Waals surface area contributed by atoms with E-state index in [2.05, 4.69) is 15.3 Å². The molecule has 1 aromatic rings. The number of hydrogen-bond acceptors (Lipinski definition) is 4. The number of nitrogens with one attached hydrogen (secondary N) is 1. The summed E-state index contributed by atoms with van der Waals surface area (Å²) in [5.41, 5.74) is -0.916. The van der Waals surface area contributed by atoms with Crippen LogP contribution in [-0.2, 0) is 6.18 Å². The van der Waals surface area contributed by atoms with Gasteiger partial charge in [0, 0.05) is 17.4 Å². The lowest BCUT2D eigenvalue weighted by atomic mass is 10.3. The molecule has 0 bridgehead atoms. The van der Waals surface area contributed by atoms with Crippen LogP contribution in [0.3, 0.4) is 0 Å². The van der Waals surface area contributed by atoms with Gasteiger partial charge in [0.05, 0.1) is 0 Å². The summed E-state index contributed by atoms with van der Waals surface area (Å²) in [4.78, 5) is 7.53. The van der Waals surface area contributed by atoms with Gasteiger partial charge in [-0.05, 0) is 6.92 Å². The van der Waals surface area contributed by atoms with Gasteiger partial charge in [-0.1, -0.05) is 20.8 Å². The highest BCUT2D eigenvalue weighted by molar-refractivity contribution is 8.00. The van der Waals surface area contributed by atoms with Crippen molar-refractivity contribution in [3.8, 4) is 0 Å². The molecule has 1 heterocycles. The quantitative estimate of drug-likeness (QED) is 0.674. The molecule has 0 saturated heterocycles. The minimum Gasteiger partial charge on any atom is -0.354 e. The van der Waals surface area contributed by atoms with Gasteiger partial charge in [0.1, 0.15) is 5.03 Å². The van der Waals surface area contributed by atoms with E-state index in [0.717, 1.165) is 6.07 Å². The molecular formula is C11H16F3N3S. The van der Waals surface area contributed by atoms with Crippen molar-refractivity contribution in [3.63, 3.8) is 0 Å². The summed E-state index contributed by atoms with van der Waals surface area (Å²) in [6.07, 6.45) is -4.46. The maximum absolute atomic E-state index is 12.7. The molecule has 0 fully saturated rings. The molecule has 1 rings (SSSR count). The third kappa shape index (κ3) is 4.72. The van der Waals surface area contributed by atoms with E-state index < -0.39 is 11.9 Å². The molecule has 0 aliphatic heterocycles. The van der Waals surface area contributed by atoms with Crippen LogP contribution in [-0.4, -0.2) is 21.3 Å². The summed E-state index contributed by atoms with van der Waals surface area (Å²) in [5, 5.41) is 3.03. The van der Waals surface area contributed by atoms with Crippen LogP contribution in [0.1, 0.15) is 33.4 Å². The molecule has 0 saturated carbocycles. The molecule has 3 nitrogen and oxygen atoms in total. The first-order valence-corrected chi connectivity index (χ1v) is 6.32. The van der Waals surface area contributed by atoms with E-state index in [0.29, 0.717) is 11.6 Å². The van der Waals surface area contributed by atoms with Crippen LogP contribution in [0, 0.1) is 0 Å². The summed E-state index contributed by atoms with van der Waals surface area (Å²) in [5.74, 6) is 0.0130. The number of thioether (sulfide) groups is 1. The first-order chi connectivity index (χ1) is 8.12. The highest BCUT2D eigenvalue weighted by atomic mass is 32.2. The van der Waals surface area contributed by atoms with E-state index >= 15 is 0 Å². The van der Waals surface area contributed by atoms with Crippen molar-refractivity contribution < 1.29 is 13.2 Å². The minimum atomic E-state index is -4.46. The van der Waals surface area contributed by atoms with Crippen LogP contribution in [0.25, 0.3) is 0 Å². The van der Waals surface area contributed by atoms with Crippen LogP contribution in [0.2, 0.25) is 0 Å². The molecule has 102 valence electrons. The van der Waals surface area contributed by atoms with Gasteiger partial charge in [0.2, 0.25) is 5.95 Å². The number of aromatic nitrogens is 2. The molecule has 7 heteroatoms. The number of nitrogens with zero attached hydrogens (tertiary/aromatic N) is 2. The highest BCUT2D eigenvalue weighted by Crippen LogP contribution is 2.35. The number of halogens is 3. The van der Waals surface area contributed by atoms with Crippen LogP contribution in [0.5, 0.6) is 0 Å². The third-order valence-corrected chi connectivity index (χ3v) is 2.77. The van der Waals surface area contributed by atoms with Crippen molar-refractivity contribution >= 4 is 17.7 Å². The van der Waals surface area contributed by atoms with Crippen molar-refractivity contribution in [1.29, 1.82) is 0 Å². The molecule has 1 aromatic heterocycles. The number of anilines is 1. The minimum absolute atomic E-state index is 0.0130. The van der Waals surface area contributed by atoms with Crippen molar-refractivity contribution in [1.82, 2.24) is 9.97 Å². The normalized spacial score (nSPS) is 12.6. The Morgan fingerprint density at radius 2 is 1.83 bits per heavy atom. The summed E-state index contributed by atoms with van der Waals surface area (Å²) >= 11 is 1.28. The van der Waals surface area contributed by atoms with E-state index in [1.165, 1.54) is 11.8 Å². The second kappa shape index (κ2) is 5.34. The van der Waals surface area contributed by atoms with Gasteiger partial charge in [-0.15, -0.1) is 11.8 Å². The zero-order valence-electron chi connectivity index (χ0n) is 10.7. The molecular weight excluding hydrogens is 263 g/mol. The topological polar surface area (TPSA) is 37.8 Å². The van der Waals surface area contributed by atoms with E-state index in [4.69, 9.17) is 0 Å². The van der Waals surface area contributed by atoms with Gasteiger partial charge in [-0.3, -0.25) is 0 Å². The largest absolute Gasteiger partial charge is 0.433 e. The predicted octanol–water partition coefficient (Wildman–Crippen LogP) is 3.82. The fraction of sp³-hybridized carbons (Fsp3) is 0.636. The summed E-state index contributed by atoms with van der Waals surface area (Å²) in [6, 6.07) is 0.983. The Morgan fingerprint density at radius 1 is 1.22 bits per heavy atom. The van der Waals surface area contributed by atoms with Gasteiger partial charge in [-0.2, -0.15) is 13.2 Å². The molecule has 0 aliphatic rings. The van der Waals surface area contributed by atoms with Crippen LogP contribution in [0.4, 0.5) is 19.1 Å². The van der Waals surface area contributed by atoms with E-state index in [9.17, 15) is 13.2 Å². The van der Waals surface area contributed by atoms with Crippen LogP contribution >= 0.6 is 11.8 Å². The lowest BCUT2D eigenvalue weighted by Crippen LogP contribution is -2.14. The van der Waals surface area contributed by atoms with Crippen molar-refractivity contribution in [2.45, 2.75) is 43.6 Å². The van der Waals surface area contributed by atoms with E-state index in [1.54, 1.807) is 6.92 Å². The Labute approximate surface area is 109 Å². The van der Waals surface area contributed by atoms with Gasteiger partial charge in [0.15, 0.2) is 5.69 Å². The average molecular weight is 279 g/mol. The zero-order valence-corrected chi connectivity index (χ0v) is 11.5. The van der Waals surface area contributed by atoms with E-state index in [-0.39, 0.29) is 10.7 Å². The zero-order chi connectivity index (χ0) is 14.0. The van der Waals surface area contributed by atoms with Crippen molar-refractivity contribution in [2.75, 3.05) is 11.9 Å². The number of hydrogen-bond donors (Lipinski definition) is 1. The molecule has 0 aliphatic carbocycles. The second-order valence-electron chi connectivity index (χ2n) is 4.66. The molecule has 0 aromatic carbocycles.